The van der Waals surface area contributed by atoms with E-state index in [0.29, 0.717) is 0 Å². The first-order valence-corrected chi connectivity index (χ1v) is 37.4. The molecule has 0 bridgehead atoms. The molecule has 0 aliphatic rings. The van der Waals surface area contributed by atoms with E-state index in [1.165, 1.54) is 49.0 Å². The Bertz CT molecular complexity index is 6670. The maximum atomic E-state index is 6.57. The van der Waals surface area contributed by atoms with Crippen molar-refractivity contribution in [3.05, 3.63) is 344 Å². The van der Waals surface area contributed by atoms with Gasteiger partial charge in [0.05, 0.1) is 66.9 Å². The van der Waals surface area contributed by atoms with E-state index in [0.717, 1.165) is 140 Å². The molecule has 0 radical (unpaired) electrons. The van der Waals surface area contributed by atoms with Gasteiger partial charge in [0.2, 0.25) is 0 Å². The Morgan fingerprint density at radius 2 is 0.645 bits per heavy atom. The van der Waals surface area contributed by atoms with E-state index in [9.17, 15) is 0 Å². The molecule has 6 heterocycles. The Labute approximate surface area is 624 Å². The van der Waals surface area contributed by atoms with Gasteiger partial charge in [-0.25, -0.2) is 4.98 Å². The van der Waals surface area contributed by atoms with Gasteiger partial charge in [-0.15, -0.1) is 0 Å². The van der Waals surface area contributed by atoms with Gasteiger partial charge in [-0.2, -0.15) is 0 Å². The molecule has 6 aromatic heterocycles. The van der Waals surface area contributed by atoms with E-state index < -0.39 is 0 Å². The van der Waals surface area contributed by atoms with Crippen molar-refractivity contribution in [3.8, 4) is 67.6 Å². The summed E-state index contributed by atoms with van der Waals surface area (Å²) in [5.74, 6) is 0.796. The van der Waals surface area contributed by atoms with Gasteiger partial charge in [0, 0.05) is 88.7 Å². The van der Waals surface area contributed by atoms with Crippen LogP contribution in [0.4, 0.5) is 17.1 Å². The number of rotatable bonds is 11. The number of nitrogens with zero attached hydrogens (tertiary/aromatic N) is 7. The van der Waals surface area contributed by atoms with Crippen molar-refractivity contribution in [1.82, 2.24) is 28.2 Å². The monoisotopic (exact) mass is 1380 g/mol. The van der Waals surface area contributed by atoms with Crippen LogP contribution in [0.3, 0.4) is 0 Å². The minimum Gasteiger partial charge on any atom is -0.311 e. The lowest BCUT2D eigenvalue weighted by atomic mass is 9.86. The molecule has 19 aromatic rings. The second-order valence-electron chi connectivity index (χ2n) is 31.8. The fraction of sp³-hybridized carbons (Fsp3) is 0.120. The molecule has 0 N–H and O–H groups in total. The molecule has 0 aliphatic heterocycles. The van der Waals surface area contributed by atoms with Gasteiger partial charge in [-0.05, 0) is 183 Å². The molecule has 0 saturated heterocycles. The Kier molecular flexibility index (Phi) is 15.1. The van der Waals surface area contributed by atoms with Crippen molar-refractivity contribution in [1.29, 1.82) is 0 Å². The van der Waals surface area contributed by atoms with E-state index in [1.807, 2.05) is 12.3 Å². The molecule has 7 nitrogen and oxygen atoms in total. The van der Waals surface area contributed by atoms with Crippen LogP contribution in [0.5, 0.6) is 0 Å². The molecule has 0 unspecified atom stereocenters. The van der Waals surface area contributed by atoms with E-state index in [-0.39, 0.29) is 16.2 Å². The van der Waals surface area contributed by atoms with Gasteiger partial charge in [-0.1, -0.05) is 250 Å². The third kappa shape index (κ3) is 10.8. The molecule has 516 valence electrons. The van der Waals surface area contributed by atoms with E-state index in [4.69, 9.17) is 9.97 Å². The summed E-state index contributed by atoms with van der Waals surface area (Å²) < 4.78 is 10.0. The SMILES string of the molecule is CC(C)(C)c1ccc2c(c1)c1ccccc1n2-c1nc(-c2ccc(-n3c4ccccc4c4cc(-c5ccc(N(c6ccccc6)c6ccccc6)cc5)ccc43)cc2)c(-n2c3ccccc3c3cc(C(C)(C)C)ccc32)c(-c2ccccc2-c2ccccn2)c1-n1c2ccccc2c2cc(C(C)(C)C)ccc21. The fourth-order valence-corrected chi connectivity index (χ4v) is 16.7. The molecule has 0 amide bonds. The second-order valence-corrected chi connectivity index (χ2v) is 31.8. The summed E-state index contributed by atoms with van der Waals surface area (Å²) in [5, 5.41) is 9.39. The first-order valence-electron chi connectivity index (χ1n) is 37.4. The molecule has 107 heavy (non-hydrogen) atoms. The summed E-state index contributed by atoms with van der Waals surface area (Å²) in [7, 11) is 0. The Balaban J connectivity index is 0.920. The van der Waals surface area contributed by atoms with Gasteiger partial charge in [-0.3, -0.25) is 9.55 Å². The number of fused-ring (bicyclic) bond motifs is 12. The molecule has 0 saturated carbocycles. The summed E-state index contributed by atoms with van der Waals surface area (Å²) in [6.45, 7) is 20.8. The summed E-state index contributed by atoms with van der Waals surface area (Å²) in [5.41, 5.74) is 26.4. The number of para-hydroxylation sites is 6. The smallest absolute Gasteiger partial charge is 0.163 e. The van der Waals surface area contributed by atoms with Gasteiger partial charge < -0.3 is 18.6 Å². The number of aromatic nitrogens is 6. The summed E-state index contributed by atoms with van der Waals surface area (Å²) in [6.07, 6.45) is 1.92. The van der Waals surface area contributed by atoms with E-state index in [2.05, 4.69) is 401 Å². The van der Waals surface area contributed by atoms with Gasteiger partial charge in [0.25, 0.3) is 0 Å². The zero-order valence-electron chi connectivity index (χ0n) is 61.8. The number of hydrogen-bond donors (Lipinski definition) is 0. The molecule has 0 fully saturated rings. The van der Waals surface area contributed by atoms with Crippen LogP contribution >= 0.6 is 0 Å². The van der Waals surface area contributed by atoms with Gasteiger partial charge >= 0.3 is 0 Å². The molecule has 0 aliphatic carbocycles. The highest BCUT2D eigenvalue weighted by atomic mass is 15.2. The number of pyridine rings is 2. The van der Waals surface area contributed by atoms with Crippen LogP contribution in [-0.2, 0) is 16.2 Å². The van der Waals surface area contributed by atoms with Crippen LogP contribution in [0.25, 0.3) is 155 Å². The maximum Gasteiger partial charge on any atom is 0.163 e. The molecular weight excluding hydrogens is 1300 g/mol. The molecule has 0 atom stereocenters. The average Bonchev–Trinajstić information content (AvgIpc) is 1.57. The standard InChI is InChI=1S/C100H81N7/c1-98(2,3)67-48-56-90-81(61-67)76-34-19-23-40-86(76)105(90)95-93(79-37-17-16-32-74(79)84-38-26-27-59-101-84)96(106-87-41-24-20-35-77(87)82-62-68(99(4,5)6)49-57-91(82)106)97(107-88-42-25-21-36-78(88)83-63-69(100(7,8)9)50-58-92(83)107)102-94(95)65-45-53-73(54-46-65)104-85-39-22-18-33-75(85)80-60-66(47-55-89(80)104)64-43-51-72(52-44-64)103(70-28-12-10-13-29-70)71-30-14-11-15-31-71/h10-63H,1-9H3. The lowest BCUT2D eigenvalue weighted by Crippen LogP contribution is -2.14. The van der Waals surface area contributed by atoms with Gasteiger partial charge in [0.1, 0.15) is 0 Å². The van der Waals surface area contributed by atoms with Crippen LogP contribution < -0.4 is 4.90 Å². The Hall–Kier alpha value is -12.8. The van der Waals surface area contributed by atoms with Gasteiger partial charge in [0.15, 0.2) is 5.82 Å². The highest BCUT2D eigenvalue weighted by Crippen LogP contribution is 2.52. The number of hydrogen-bond acceptors (Lipinski definition) is 3. The third-order valence-electron chi connectivity index (χ3n) is 22.1. The molecule has 19 rings (SSSR count). The zero-order valence-corrected chi connectivity index (χ0v) is 61.8. The predicted octanol–water partition coefficient (Wildman–Crippen LogP) is 26.9. The van der Waals surface area contributed by atoms with E-state index >= 15 is 0 Å². The van der Waals surface area contributed by atoms with Crippen LogP contribution in [0.2, 0.25) is 0 Å². The third-order valence-corrected chi connectivity index (χ3v) is 22.1. The van der Waals surface area contributed by atoms with Crippen LogP contribution in [-0.4, -0.2) is 28.2 Å². The largest absolute Gasteiger partial charge is 0.311 e. The first-order chi connectivity index (χ1) is 52.0. The maximum absolute atomic E-state index is 6.57. The Morgan fingerprint density at radius 3 is 1.14 bits per heavy atom. The van der Waals surface area contributed by atoms with Crippen molar-refractivity contribution >= 4 is 104 Å². The minimum absolute atomic E-state index is 0.111. The second kappa shape index (κ2) is 24.9. The van der Waals surface area contributed by atoms with Crippen LogP contribution in [0, 0.1) is 0 Å². The van der Waals surface area contributed by atoms with Crippen molar-refractivity contribution < 1.29 is 0 Å². The van der Waals surface area contributed by atoms with Crippen molar-refractivity contribution in [2.24, 2.45) is 0 Å². The number of anilines is 3. The summed E-state index contributed by atoms with van der Waals surface area (Å²) in [6, 6.07) is 119. The predicted molar refractivity (Wildman–Crippen MR) is 452 cm³/mol. The summed E-state index contributed by atoms with van der Waals surface area (Å²) >= 11 is 0. The number of benzene rings is 13. The van der Waals surface area contributed by atoms with E-state index in [1.54, 1.807) is 0 Å². The highest BCUT2D eigenvalue weighted by Gasteiger charge is 2.34. The Morgan fingerprint density at radius 1 is 0.271 bits per heavy atom. The van der Waals surface area contributed by atoms with Crippen molar-refractivity contribution in [2.75, 3.05) is 4.90 Å². The normalized spacial score (nSPS) is 12.3. The molecule has 7 heteroatoms. The zero-order chi connectivity index (χ0) is 72.6. The molecule has 0 spiro atoms. The van der Waals surface area contributed by atoms with Crippen LogP contribution in [0.15, 0.2) is 328 Å². The topological polar surface area (TPSA) is 48.7 Å². The summed E-state index contributed by atoms with van der Waals surface area (Å²) in [4.78, 5) is 14.1. The first kappa shape index (κ1) is 65.0. The van der Waals surface area contributed by atoms with Crippen molar-refractivity contribution in [2.45, 2.75) is 78.6 Å². The molecule has 13 aromatic carbocycles. The highest BCUT2D eigenvalue weighted by molar-refractivity contribution is 6.16. The lowest BCUT2D eigenvalue weighted by molar-refractivity contribution is 0.591. The fourth-order valence-electron chi connectivity index (χ4n) is 16.7. The van der Waals surface area contributed by atoms with Crippen molar-refractivity contribution in [3.63, 3.8) is 0 Å². The lowest BCUT2D eigenvalue weighted by Gasteiger charge is -2.27. The molecular formula is C100H81N7. The minimum atomic E-state index is -0.118. The average molecular weight is 1380 g/mol. The quantitative estimate of drug-likeness (QED) is 0.130. The van der Waals surface area contributed by atoms with Crippen LogP contribution in [0.1, 0.15) is 79.0 Å².